The molecule has 9 nitrogen and oxygen atoms in total. The first-order chi connectivity index (χ1) is 20.6. The highest BCUT2D eigenvalue weighted by Crippen LogP contribution is 2.36. The number of fused-ring (bicyclic) bond motifs is 1. The maximum absolute atomic E-state index is 14.3. The number of carbonyl (C=O) groups is 2. The lowest BCUT2D eigenvalue weighted by molar-refractivity contribution is -0.140. The number of rotatable bonds is 12. The van der Waals surface area contributed by atoms with Crippen molar-refractivity contribution in [3.05, 3.63) is 82.3 Å². The molecule has 0 saturated heterocycles. The molecule has 0 radical (unpaired) electrons. The van der Waals surface area contributed by atoms with E-state index in [1.54, 1.807) is 55.5 Å². The van der Waals surface area contributed by atoms with Crippen LogP contribution in [0.15, 0.2) is 71.6 Å². The second-order valence-electron chi connectivity index (χ2n) is 10.1. The Kier molecular flexibility index (Phi) is 10.8. The lowest BCUT2D eigenvalue weighted by atomic mass is 10.1. The van der Waals surface area contributed by atoms with Gasteiger partial charge in [-0.25, -0.2) is 8.42 Å². The summed E-state index contributed by atoms with van der Waals surface area (Å²) in [4.78, 5) is 29.1. The van der Waals surface area contributed by atoms with E-state index in [0.29, 0.717) is 46.7 Å². The fourth-order valence-corrected chi connectivity index (χ4v) is 6.59. The van der Waals surface area contributed by atoms with Gasteiger partial charge >= 0.3 is 0 Å². The second kappa shape index (κ2) is 14.3. The summed E-state index contributed by atoms with van der Waals surface area (Å²) in [6, 6.07) is 16.5. The van der Waals surface area contributed by atoms with E-state index < -0.39 is 28.5 Å². The molecule has 1 heterocycles. The number of ether oxygens (including phenoxy) is 2. The van der Waals surface area contributed by atoms with Crippen LogP contribution < -0.4 is 19.1 Å². The molecule has 0 bridgehead atoms. The van der Waals surface area contributed by atoms with Crippen LogP contribution in [0.5, 0.6) is 11.5 Å². The molecule has 0 saturated carbocycles. The average Bonchev–Trinajstić information content (AvgIpc) is 3.01. The van der Waals surface area contributed by atoms with Crippen molar-refractivity contribution < 1.29 is 27.5 Å². The summed E-state index contributed by atoms with van der Waals surface area (Å²) in [5.41, 5.74) is 0.653. The van der Waals surface area contributed by atoms with E-state index in [1.807, 2.05) is 13.8 Å². The summed E-state index contributed by atoms with van der Waals surface area (Å²) < 4.78 is 40.4. The Labute approximate surface area is 262 Å². The molecule has 1 N–H and O–H groups in total. The Hall–Kier alpha value is -3.47. The lowest BCUT2D eigenvalue weighted by Crippen LogP contribution is -2.53. The van der Waals surface area contributed by atoms with Crippen LogP contribution in [0.1, 0.15) is 39.2 Å². The quantitative estimate of drug-likeness (QED) is 0.271. The molecular formula is C31H35Cl2N3O6S. The van der Waals surface area contributed by atoms with Crippen LogP contribution in [-0.2, 0) is 26.2 Å². The van der Waals surface area contributed by atoms with Crippen LogP contribution in [0.4, 0.5) is 5.69 Å². The number of amides is 2. The van der Waals surface area contributed by atoms with Crippen molar-refractivity contribution in [3.8, 4) is 11.5 Å². The lowest BCUT2D eigenvalue weighted by Gasteiger charge is -2.34. The predicted octanol–water partition coefficient (Wildman–Crippen LogP) is 5.68. The van der Waals surface area contributed by atoms with Crippen molar-refractivity contribution in [1.29, 1.82) is 0 Å². The van der Waals surface area contributed by atoms with Gasteiger partial charge < -0.3 is 19.7 Å². The van der Waals surface area contributed by atoms with Gasteiger partial charge in [0.2, 0.25) is 11.8 Å². The Morgan fingerprint density at radius 3 is 2.19 bits per heavy atom. The van der Waals surface area contributed by atoms with Gasteiger partial charge in [0, 0.05) is 34.3 Å². The van der Waals surface area contributed by atoms with Crippen molar-refractivity contribution in [2.75, 3.05) is 24.1 Å². The first kappa shape index (κ1) is 32.4. The third-order valence-corrected chi connectivity index (χ3v) is 9.70. The molecule has 0 spiro atoms. The number of carbonyl (C=O) groups excluding carboxylic acids is 2. The van der Waals surface area contributed by atoms with Crippen molar-refractivity contribution in [2.24, 2.45) is 0 Å². The molecule has 230 valence electrons. The van der Waals surface area contributed by atoms with Crippen molar-refractivity contribution in [3.63, 3.8) is 0 Å². The van der Waals surface area contributed by atoms with Crippen LogP contribution in [0, 0.1) is 0 Å². The molecule has 2 amide bonds. The Morgan fingerprint density at radius 2 is 1.56 bits per heavy atom. The van der Waals surface area contributed by atoms with Gasteiger partial charge in [0.1, 0.15) is 25.8 Å². The molecule has 0 fully saturated rings. The van der Waals surface area contributed by atoms with Crippen LogP contribution in [-0.4, -0.2) is 57.0 Å². The van der Waals surface area contributed by atoms with E-state index in [9.17, 15) is 18.0 Å². The van der Waals surface area contributed by atoms with Gasteiger partial charge in [-0.3, -0.25) is 13.9 Å². The van der Waals surface area contributed by atoms with Gasteiger partial charge in [-0.15, -0.1) is 0 Å². The van der Waals surface area contributed by atoms with Crippen molar-refractivity contribution in [1.82, 2.24) is 10.2 Å². The molecular weight excluding hydrogens is 613 g/mol. The Balaban J connectivity index is 1.78. The standard InChI is InChI=1S/C31H35Cl2N3O6S/c1-4-21(3)34-31(38)27(5-2)35(19-24-25(32)12-9-13-26(24)33)30(37)20-36(43(39,40)23-10-7-6-8-11-23)22-14-15-28-29(18-22)42-17-16-41-28/h6-15,18,21,27H,4-5,16-17,19-20H2,1-3H3,(H,34,38). The molecule has 2 unspecified atom stereocenters. The maximum Gasteiger partial charge on any atom is 0.264 e. The van der Waals surface area contributed by atoms with Gasteiger partial charge in [-0.05, 0) is 56.2 Å². The zero-order valence-electron chi connectivity index (χ0n) is 24.3. The first-order valence-corrected chi connectivity index (χ1v) is 16.3. The SMILES string of the molecule is CCC(C)NC(=O)C(CC)N(Cc1c(Cl)cccc1Cl)C(=O)CN(c1ccc2c(c1)OCCO2)S(=O)(=O)c1ccccc1. The number of benzene rings is 3. The van der Waals surface area contributed by atoms with Gasteiger partial charge in [-0.2, -0.15) is 0 Å². The van der Waals surface area contributed by atoms with Crippen LogP contribution >= 0.6 is 23.2 Å². The minimum Gasteiger partial charge on any atom is -0.486 e. The summed E-state index contributed by atoms with van der Waals surface area (Å²) in [5.74, 6) is -0.133. The van der Waals surface area contributed by atoms with E-state index in [2.05, 4.69) is 5.32 Å². The molecule has 1 aliphatic rings. The summed E-state index contributed by atoms with van der Waals surface area (Å²) in [5, 5.41) is 3.59. The molecule has 0 aliphatic carbocycles. The summed E-state index contributed by atoms with van der Waals surface area (Å²) in [6.07, 6.45) is 0.964. The second-order valence-corrected chi connectivity index (χ2v) is 12.8. The number of sulfonamides is 1. The minimum absolute atomic E-state index is 0.0000532. The maximum atomic E-state index is 14.3. The first-order valence-electron chi connectivity index (χ1n) is 14.1. The van der Waals surface area contributed by atoms with Crippen LogP contribution in [0.2, 0.25) is 10.0 Å². The van der Waals surface area contributed by atoms with Gasteiger partial charge in [0.15, 0.2) is 11.5 Å². The summed E-state index contributed by atoms with van der Waals surface area (Å²) >= 11 is 13.0. The Bertz CT molecular complexity index is 1530. The number of halogens is 2. The molecule has 43 heavy (non-hydrogen) atoms. The van der Waals surface area contributed by atoms with Crippen LogP contribution in [0.3, 0.4) is 0 Å². The summed E-state index contributed by atoms with van der Waals surface area (Å²) in [6.45, 7) is 5.56. The highest BCUT2D eigenvalue weighted by atomic mass is 35.5. The number of nitrogens with zero attached hydrogens (tertiary/aromatic N) is 2. The van der Waals surface area contributed by atoms with E-state index in [4.69, 9.17) is 32.7 Å². The van der Waals surface area contributed by atoms with E-state index >= 15 is 0 Å². The zero-order valence-corrected chi connectivity index (χ0v) is 26.6. The third-order valence-electron chi connectivity index (χ3n) is 7.20. The monoisotopic (exact) mass is 647 g/mol. The molecule has 4 rings (SSSR count). The van der Waals surface area contributed by atoms with Crippen LogP contribution in [0.25, 0.3) is 0 Å². The number of nitrogens with one attached hydrogen (secondary N) is 1. The van der Waals surface area contributed by atoms with E-state index in [0.717, 1.165) is 4.31 Å². The van der Waals surface area contributed by atoms with Gasteiger partial charge in [0.25, 0.3) is 10.0 Å². The number of hydrogen-bond donors (Lipinski definition) is 1. The van der Waals surface area contributed by atoms with Crippen molar-refractivity contribution in [2.45, 2.75) is 57.1 Å². The van der Waals surface area contributed by atoms with Gasteiger partial charge in [0.05, 0.1) is 10.6 Å². The molecule has 0 aromatic heterocycles. The summed E-state index contributed by atoms with van der Waals surface area (Å²) in [7, 11) is -4.24. The minimum atomic E-state index is -4.24. The number of hydrogen-bond acceptors (Lipinski definition) is 6. The van der Waals surface area contributed by atoms with E-state index in [1.165, 1.54) is 23.1 Å². The van der Waals surface area contributed by atoms with Gasteiger partial charge in [-0.1, -0.05) is 61.3 Å². The Morgan fingerprint density at radius 1 is 0.907 bits per heavy atom. The van der Waals surface area contributed by atoms with Crippen molar-refractivity contribution >= 4 is 50.7 Å². The normalized spacial score (nSPS) is 14.0. The molecule has 3 aromatic carbocycles. The largest absolute Gasteiger partial charge is 0.486 e. The smallest absolute Gasteiger partial charge is 0.264 e. The fourth-order valence-electron chi connectivity index (χ4n) is 4.65. The fraction of sp³-hybridized carbons (Fsp3) is 0.355. The molecule has 3 aromatic rings. The number of anilines is 1. The molecule has 2 atom stereocenters. The zero-order chi connectivity index (χ0) is 31.1. The highest BCUT2D eigenvalue weighted by Gasteiger charge is 2.35. The average molecular weight is 649 g/mol. The molecule has 12 heteroatoms. The topological polar surface area (TPSA) is 105 Å². The highest BCUT2D eigenvalue weighted by molar-refractivity contribution is 7.92. The predicted molar refractivity (Wildman–Crippen MR) is 167 cm³/mol. The molecule has 1 aliphatic heterocycles. The van der Waals surface area contributed by atoms with E-state index in [-0.39, 0.29) is 35.5 Å². The third kappa shape index (κ3) is 7.55.